The molecule has 0 saturated heterocycles. The van der Waals surface area contributed by atoms with Gasteiger partial charge in [0.25, 0.3) is 0 Å². The summed E-state index contributed by atoms with van der Waals surface area (Å²) in [5.41, 5.74) is 2.57. The fourth-order valence-electron chi connectivity index (χ4n) is 1.66. The largest absolute Gasteiger partial charge is 0.458 e. The highest BCUT2D eigenvalue weighted by Gasteiger charge is 2.24. The molecule has 1 aliphatic heterocycles. The summed E-state index contributed by atoms with van der Waals surface area (Å²) in [7, 11) is 0. The van der Waals surface area contributed by atoms with Crippen LogP contribution < -0.4 is 0 Å². The van der Waals surface area contributed by atoms with E-state index in [1.54, 1.807) is 24.3 Å². The molecule has 0 N–H and O–H groups in total. The molecule has 3 nitrogen and oxygen atoms in total. The number of rotatable bonds is 2. The number of benzene rings is 1. The highest BCUT2D eigenvalue weighted by Crippen LogP contribution is 2.27. The zero-order valence-electron chi connectivity index (χ0n) is 8.32. The molecule has 15 heavy (non-hydrogen) atoms. The number of hydrogen-bond acceptors (Lipinski definition) is 3. The van der Waals surface area contributed by atoms with Crippen molar-refractivity contribution < 1.29 is 14.3 Å². The van der Waals surface area contributed by atoms with Crippen LogP contribution in [0, 0.1) is 0 Å². The van der Waals surface area contributed by atoms with E-state index in [2.05, 4.69) is 0 Å². The van der Waals surface area contributed by atoms with Crippen LogP contribution in [0.1, 0.15) is 22.8 Å². The van der Waals surface area contributed by atoms with Gasteiger partial charge >= 0.3 is 5.97 Å². The molecule has 0 aliphatic carbocycles. The lowest BCUT2D eigenvalue weighted by Crippen LogP contribution is -2.01. The summed E-state index contributed by atoms with van der Waals surface area (Å²) in [6.07, 6.45) is 0.751. The van der Waals surface area contributed by atoms with Gasteiger partial charge < -0.3 is 4.74 Å². The Morgan fingerprint density at radius 3 is 2.67 bits per heavy atom. The van der Waals surface area contributed by atoms with Crippen molar-refractivity contribution >= 4 is 17.8 Å². The molecule has 1 aliphatic rings. The van der Waals surface area contributed by atoms with E-state index in [4.69, 9.17) is 4.74 Å². The summed E-state index contributed by atoms with van der Waals surface area (Å²) in [6.45, 7) is 2.16. The Bertz CT molecular complexity index is 458. The molecule has 1 heterocycles. The molecule has 0 atom stereocenters. The standard InChI is InChI=1S/C12H10O3/c1-8-7-15-12(14)11(8)10-5-3-2-4-9(10)6-13/h2-6H,7H2,1H3. The highest BCUT2D eigenvalue weighted by atomic mass is 16.5. The van der Waals surface area contributed by atoms with Crippen LogP contribution >= 0.6 is 0 Å². The molecule has 0 radical (unpaired) electrons. The van der Waals surface area contributed by atoms with Crippen LogP contribution in [-0.2, 0) is 9.53 Å². The average Bonchev–Trinajstić information content (AvgIpc) is 2.59. The minimum Gasteiger partial charge on any atom is -0.458 e. The molecule has 0 aromatic heterocycles. The van der Waals surface area contributed by atoms with Gasteiger partial charge in [0, 0.05) is 5.56 Å². The number of cyclic esters (lactones) is 1. The third-order valence-electron chi connectivity index (χ3n) is 2.41. The average molecular weight is 202 g/mol. The number of esters is 1. The van der Waals surface area contributed by atoms with E-state index in [9.17, 15) is 9.59 Å². The number of aldehydes is 1. The Morgan fingerprint density at radius 1 is 1.33 bits per heavy atom. The first-order chi connectivity index (χ1) is 7.24. The van der Waals surface area contributed by atoms with E-state index in [0.717, 1.165) is 11.9 Å². The van der Waals surface area contributed by atoms with Crippen LogP contribution in [0.15, 0.2) is 29.8 Å². The second-order valence-corrected chi connectivity index (χ2v) is 3.44. The molecule has 0 unspecified atom stereocenters. The molecule has 0 amide bonds. The van der Waals surface area contributed by atoms with Gasteiger partial charge in [0.15, 0.2) is 6.29 Å². The summed E-state index contributed by atoms with van der Waals surface area (Å²) in [6, 6.07) is 7.01. The molecule has 1 aromatic rings. The molecule has 0 spiro atoms. The second kappa shape index (κ2) is 3.69. The van der Waals surface area contributed by atoms with E-state index in [0.29, 0.717) is 23.3 Å². The first kappa shape index (κ1) is 9.65. The van der Waals surface area contributed by atoms with Gasteiger partial charge in [-0.3, -0.25) is 4.79 Å². The maximum Gasteiger partial charge on any atom is 0.339 e. The fourth-order valence-corrected chi connectivity index (χ4v) is 1.66. The van der Waals surface area contributed by atoms with Crippen LogP contribution in [0.25, 0.3) is 5.57 Å². The predicted octanol–water partition coefficient (Wildman–Crippen LogP) is 1.83. The zero-order valence-corrected chi connectivity index (χ0v) is 8.32. The van der Waals surface area contributed by atoms with Crippen molar-refractivity contribution in [3.05, 3.63) is 41.0 Å². The quantitative estimate of drug-likeness (QED) is 0.542. The monoisotopic (exact) mass is 202 g/mol. The zero-order chi connectivity index (χ0) is 10.8. The van der Waals surface area contributed by atoms with Crippen molar-refractivity contribution in [2.24, 2.45) is 0 Å². The molecule has 3 heteroatoms. The Hall–Kier alpha value is -1.90. The van der Waals surface area contributed by atoms with Crippen molar-refractivity contribution in [1.29, 1.82) is 0 Å². The summed E-state index contributed by atoms with van der Waals surface area (Å²) in [4.78, 5) is 22.3. The van der Waals surface area contributed by atoms with Gasteiger partial charge in [-0.15, -0.1) is 0 Å². The normalized spacial score (nSPS) is 15.4. The molecule has 0 bridgehead atoms. The SMILES string of the molecule is CC1=C(c2ccccc2C=O)C(=O)OC1. The minimum atomic E-state index is -0.346. The Morgan fingerprint density at radius 2 is 2.07 bits per heavy atom. The maximum absolute atomic E-state index is 11.5. The predicted molar refractivity (Wildman–Crippen MR) is 55.4 cm³/mol. The Labute approximate surface area is 87.4 Å². The third-order valence-corrected chi connectivity index (χ3v) is 2.41. The van der Waals surface area contributed by atoms with Gasteiger partial charge in [0.1, 0.15) is 6.61 Å². The summed E-state index contributed by atoms with van der Waals surface area (Å²) < 4.78 is 4.90. The topological polar surface area (TPSA) is 43.4 Å². The van der Waals surface area contributed by atoms with Crippen LogP contribution in [0.3, 0.4) is 0 Å². The molecule has 0 fully saturated rings. The smallest absolute Gasteiger partial charge is 0.339 e. The first-order valence-electron chi connectivity index (χ1n) is 4.65. The van der Waals surface area contributed by atoms with Gasteiger partial charge in [0.05, 0.1) is 5.57 Å². The van der Waals surface area contributed by atoms with E-state index >= 15 is 0 Å². The van der Waals surface area contributed by atoms with Crippen molar-refractivity contribution in [2.75, 3.05) is 6.61 Å². The molecule has 1 aromatic carbocycles. The summed E-state index contributed by atoms with van der Waals surface area (Å²) in [5, 5.41) is 0. The third kappa shape index (κ3) is 1.56. The Kier molecular flexibility index (Phi) is 2.37. The fraction of sp³-hybridized carbons (Fsp3) is 0.167. The second-order valence-electron chi connectivity index (χ2n) is 3.44. The van der Waals surface area contributed by atoms with Gasteiger partial charge in [-0.2, -0.15) is 0 Å². The van der Waals surface area contributed by atoms with Gasteiger partial charge in [-0.1, -0.05) is 24.3 Å². The van der Waals surface area contributed by atoms with Crippen molar-refractivity contribution in [3.8, 4) is 0 Å². The number of hydrogen-bond donors (Lipinski definition) is 0. The molecular formula is C12H10O3. The van der Waals surface area contributed by atoms with E-state index in [1.165, 1.54) is 0 Å². The minimum absolute atomic E-state index is 0.321. The van der Waals surface area contributed by atoms with E-state index in [-0.39, 0.29) is 5.97 Å². The van der Waals surface area contributed by atoms with Gasteiger partial charge in [-0.25, -0.2) is 4.79 Å². The Balaban J connectivity index is 2.59. The lowest BCUT2D eigenvalue weighted by atomic mass is 9.98. The van der Waals surface area contributed by atoms with Crippen molar-refractivity contribution in [2.45, 2.75) is 6.92 Å². The molecule has 2 rings (SSSR count). The molecule has 76 valence electrons. The maximum atomic E-state index is 11.5. The first-order valence-corrected chi connectivity index (χ1v) is 4.65. The van der Waals surface area contributed by atoms with E-state index in [1.807, 2.05) is 6.92 Å². The van der Waals surface area contributed by atoms with Crippen molar-refractivity contribution in [1.82, 2.24) is 0 Å². The number of carbonyl (C=O) groups excluding carboxylic acids is 2. The number of ether oxygens (including phenoxy) is 1. The lowest BCUT2D eigenvalue weighted by Gasteiger charge is -2.03. The van der Waals surface area contributed by atoms with Crippen LogP contribution in [0.5, 0.6) is 0 Å². The van der Waals surface area contributed by atoms with Gasteiger partial charge in [0.2, 0.25) is 0 Å². The summed E-state index contributed by atoms with van der Waals surface area (Å²) >= 11 is 0. The van der Waals surface area contributed by atoms with Crippen LogP contribution in [0.2, 0.25) is 0 Å². The highest BCUT2D eigenvalue weighted by molar-refractivity contribution is 6.20. The summed E-state index contributed by atoms with van der Waals surface area (Å²) in [5.74, 6) is -0.346. The molecular weight excluding hydrogens is 192 g/mol. The van der Waals surface area contributed by atoms with Crippen molar-refractivity contribution in [3.63, 3.8) is 0 Å². The van der Waals surface area contributed by atoms with Crippen LogP contribution in [-0.4, -0.2) is 18.9 Å². The van der Waals surface area contributed by atoms with Gasteiger partial charge in [-0.05, 0) is 18.1 Å². The lowest BCUT2D eigenvalue weighted by molar-refractivity contribution is -0.134. The van der Waals surface area contributed by atoms with Crippen LogP contribution in [0.4, 0.5) is 0 Å². The number of carbonyl (C=O) groups is 2. The molecule has 0 saturated carbocycles. The van der Waals surface area contributed by atoms with E-state index < -0.39 is 0 Å².